The molecule has 2 nitrogen and oxygen atoms in total. The normalized spacial score (nSPS) is 15.8. The van der Waals surface area contributed by atoms with Gasteiger partial charge in [-0.05, 0) is 6.26 Å². The molecule has 0 aromatic carbocycles. The Hall–Kier alpha value is 0.140. The molecule has 1 rings (SSSR count). The zero-order chi connectivity index (χ0) is 10.0. The van der Waals surface area contributed by atoms with Gasteiger partial charge in [-0.2, -0.15) is 11.8 Å². The van der Waals surface area contributed by atoms with E-state index >= 15 is 0 Å². The monoisotopic (exact) mass is 238 g/mol. The summed E-state index contributed by atoms with van der Waals surface area (Å²) in [6.45, 7) is 4.26. The maximum absolute atomic E-state index is 5.76. The van der Waals surface area contributed by atoms with Crippen LogP contribution in [0.1, 0.15) is 25.6 Å². The number of thioether (sulfide) groups is 1. The zero-order valence-electron chi connectivity index (χ0n) is 7.77. The largest absolute Gasteiger partial charge is 0.331 e. The highest BCUT2D eigenvalue weighted by atomic mass is 35.5. The lowest BCUT2D eigenvalue weighted by Gasteiger charge is -2.14. The number of hydrogen-bond acceptors (Lipinski definition) is 2. The lowest BCUT2D eigenvalue weighted by molar-refractivity contribution is 0.706. The summed E-state index contributed by atoms with van der Waals surface area (Å²) < 4.78 is 0. The molecule has 1 N–H and O–H groups in total. The Morgan fingerprint density at radius 2 is 2.00 bits per heavy atom. The standard InChI is InChI=1S/C8H12Cl2N2S/c1-4(5(2)13-3)8-11-6(9)7(10)12-8/h4-5H,1-3H3,(H,11,12). The molecule has 0 bridgehead atoms. The summed E-state index contributed by atoms with van der Waals surface area (Å²) in [5.41, 5.74) is 0. The fourth-order valence-corrected chi connectivity index (χ4v) is 1.80. The Morgan fingerprint density at radius 3 is 2.38 bits per heavy atom. The highest BCUT2D eigenvalue weighted by molar-refractivity contribution is 7.99. The van der Waals surface area contributed by atoms with Gasteiger partial charge >= 0.3 is 0 Å². The van der Waals surface area contributed by atoms with Crippen molar-refractivity contribution in [2.24, 2.45) is 0 Å². The SMILES string of the molecule is CSC(C)C(C)c1nc(Cl)c(Cl)[nH]1. The second-order valence-electron chi connectivity index (χ2n) is 2.96. The van der Waals surface area contributed by atoms with Crippen LogP contribution in [0.2, 0.25) is 10.3 Å². The smallest absolute Gasteiger partial charge is 0.166 e. The van der Waals surface area contributed by atoms with Crippen LogP contribution < -0.4 is 0 Å². The first-order valence-electron chi connectivity index (χ1n) is 4.00. The molecule has 13 heavy (non-hydrogen) atoms. The molecule has 74 valence electrons. The van der Waals surface area contributed by atoms with Crippen molar-refractivity contribution in [2.45, 2.75) is 25.0 Å². The van der Waals surface area contributed by atoms with E-state index in [9.17, 15) is 0 Å². The summed E-state index contributed by atoms with van der Waals surface area (Å²) in [6.07, 6.45) is 2.08. The van der Waals surface area contributed by atoms with Crippen LogP contribution in [0, 0.1) is 0 Å². The van der Waals surface area contributed by atoms with E-state index in [1.165, 1.54) is 0 Å². The van der Waals surface area contributed by atoms with Crippen molar-refractivity contribution < 1.29 is 0 Å². The van der Waals surface area contributed by atoms with Crippen molar-refractivity contribution in [3.63, 3.8) is 0 Å². The minimum atomic E-state index is 0.333. The quantitative estimate of drug-likeness (QED) is 0.873. The van der Waals surface area contributed by atoms with Gasteiger partial charge in [0.25, 0.3) is 0 Å². The Balaban J connectivity index is 2.82. The van der Waals surface area contributed by atoms with Crippen LogP contribution in [-0.2, 0) is 0 Å². The molecule has 0 aliphatic rings. The van der Waals surface area contributed by atoms with Crippen molar-refractivity contribution in [2.75, 3.05) is 6.26 Å². The van der Waals surface area contributed by atoms with E-state index in [1.807, 2.05) is 0 Å². The third-order valence-corrected chi connectivity index (χ3v) is 3.94. The Labute approximate surface area is 92.4 Å². The lowest BCUT2D eigenvalue weighted by atomic mass is 10.1. The molecule has 0 fully saturated rings. The second-order valence-corrected chi connectivity index (χ2v) is 4.91. The highest BCUT2D eigenvalue weighted by Crippen LogP contribution is 2.28. The van der Waals surface area contributed by atoms with Gasteiger partial charge < -0.3 is 4.98 Å². The Bertz CT molecular complexity index is 268. The first-order chi connectivity index (χ1) is 6.06. The molecule has 2 atom stereocenters. The molecular formula is C8H12Cl2N2S. The van der Waals surface area contributed by atoms with Crippen molar-refractivity contribution in [3.8, 4) is 0 Å². The van der Waals surface area contributed by atoms with E-state index < -0.39 is 0 Å². The van der Waals surface area contributed by atoms with Gasteiger partial charge in [-0.15, -0.1) is 0 Å². The first-order valence-corrected chi connectivity index (χ1v) is 6.04. The summed E-state index contributed by atoms with van der Waals surface area (Å²) in [7, 11) is 0. The van der Waals surface area contributed by atoms with Crippen LogP contribution >= 0.6 is 35.0 Å². The van der Waals surface area contributed by atoms with Gasteiger partial charge in [0.05, 0.1) is 0 Å². The predicted molar refractivity (Wildman–Crippen MR) is 60.0 cm³/mol. The second kappa shape index (κ2) is 4.58. The van der Waals surface area contributed by atoms with Gasteiger partial charge in [-0.3, -0.25) is 0 Å². The van der Waals surface area contributed by atoms with Crippen LogP contribution in [0.15, 0.2) is 0 Å². The molecule has 0 amide bonds. The summed E-state index contributed by atoms with van der Waals surface area (Å²) in [5.74, 6) is 1.19. The number of aromatic amines is 1. The number of aromatic nitrogens is 2. The zero-order valence-corrected chi connectivity index (χ0v) is 10.1. The van der Waals surface area contributed by atoms with Crippen LogP contribution in [-0.4, -0.2) is 21.5 Å². The molecular weight excluding hydrogens is 227 g/mol. The molecule has 1 aromatic rings. The van der Waals surface area contributed by atoms with Gasteiger partial charge in [0.2, 0.25) is 0 Å². The fraction of sp³-hybridized carbons (Fsp3) is 0.625. The van der Waals surface area contributed by atoms with Crippen LogP contribution in [0.3, 0.4) is 0 Å². The summed E-state index contributed by atoms with van der Waals surface area (Å²) in [6, 6.07) is 0. The molecule has 1 aromatic heterocycles. The number of rotatable bonds is 3. The maximum atomic E-state index is 5.76. The molecule has 0 aliphatic carbocycles. The minimum Gasteiger partial charge on any atom is -0.331 e. The topological polar surface area (TPSA) is 28.7 Å². The van der Waals surface area contributed by atoms with E-state index in [-0.39, 0.29) is 0 Å². The van der Waals surface area contributed by atoms with Gasteiger partial charge in [0.1, 0.15) is 11.0 Å². The predicted octanol–water partition coefficient (Wildman–Crippen LogP) is 3.57. The Morgan fingerprint density at radius 1 is 1.38 bits per heavy atom. The molecule has 1 heterocycles. The van der Waals surface area contributed by atoms with Crippen molar-refractivity contribution in [1.29, 1.82) is 0 Å². The molecule has 2 unspecified atom stereocenters. The van der Waals surface area contributed by atoms with E-state index in [0.29, 0.717) is 21.5 Å². The third-order valence-electron chi connectivity index (χ3n) is 2.14. The van der Waals surface area contributed by atoms with Gasteiger partial charge in [-0.1, -0.05) is 37.0 Å². The molecule has 0 saturated carbocycles. The van der Waals surface area contributed by atoms with E-state index in [4.69, 9.17) is 23.2 Å². The molecule has 0 spiro atoms. The highest BCUT2D eigenvalue weighted by Gasteiger charge is 2.17. The van der Waals surface area contributed by atoms with Crippen molar-refractivity contribution in [3.05, 3.63) is 16.1 Å². The van der Waals surface area contributed by atoms with E-state index in [1.54, 1.807) is 11.8 Å². The third kappa shape index (κ3) is 2.55. The summed E-state index contributed by atoms with van der Waals surface area (Å²) in [5, 5.41) is 1.28. The molecule has 0 aliphatic heterocycles. The number of hydrogen-bond donors (Lipinski definition) is 1. The molecule has 0 saturated heterocycles. The molecule has 5 heteroatoms. The average molecular weight is 239 g/mol. The average Bonchev–Trinajstić information content (AvgIpc) is 2.44. The van der Waals surface area contributed by atoms with E-state index in [2.05, 4.69) is 30.1 Å². The van der Waals surface area contributed by atoms with Gasteiger partial charge in [0.15, 0.2) is 5.15 Å². The number of H-pyrrole nitrogens is 1. The van der Waals surface area contributed by atoms with E-state index in [0.717, 1.165) is 5.82 Å². The first kappa shape index (κ1) is 11.2. The van der Waals surface area contributed by atoms with Crippen molar-refractivity contribution in [1.82, 2.24) is 9.97 Å². The molecule has 0 radical (unpaired) electrons. The minimum absolute atomic E-state index is 0.333. The maximum Gasteiger partial charge on any atom is 0.166 e. The number of nitrogens with one attached hydrogen (secondary N) is 1. The van der Waals surface area contributed by atoms with Crippen LogP contribution in [0.25, 0.3) is 0 Å². The number of nitrogens with zero attached hydrogens (tertiary/aromatic N) is 1. The fourth-order valence-electron chi connectivity index (χ4n) is 0.989. The van der Waals surface area contributed by atoms with Gasteiger partial charge in [-0.25, -0.2) is 4.98 Å². The van der Waals surface area contributed by atoms with Crippen LogP contribution in [0.5, 0.6) is 0 Å². The summed E-state index contributed by atoms with van der Waals surface area (Å²) >= 11 is 13.3. The Kier molecular flexibility index (Phi) is 3.95. The number of halogens is 2. The summed E-state index contributed by atoms with van der Waals surface area (Å²) in [4.78, 5) is 7.11. The van der Waals surface area contributed by atoms with Gasteiger partial charge in [0, 0.05) is 11.2 Å². The van der Waals surface area contributed by atoms with Crippen LogP contribution in [0.4, 0.5) is 0 Å². The lowest BCUT2D eigenvalue weighted by Crippen LogP contribution is -2.09. The number of imidazole rings is 1. The van der Waals surface area contributed by atoms with Crippen molar-refractivity contribution >= 4 is 35.0 Å².